The van der Waals surface area contributed by atoms with Gasteiger partial charge in [-0.1, -0.05) is 124 Å². The minimum atomic E-state index is 0. The molecule has 0 aliphatic rings. The van der Waals surface area contributed by atoms with Crippen molar-refractivity contribution in [3.63, 3.8) is 0 Å². The van der Waals surface area contributed by atoms with Gasteiger partial charge in [0.05, 0.1) is 11.0 Å². The lowest BCUT2D eigenvalue weighted by Crippen LogP contribution is -2.12. The molecule has 1 aromatic carbocycles. The normalized spacial score (nSPS) is 11.4. The molecule has 0 saturated carbocycles. The second-order valence-electron chi connectivity index (χ2n) is 13.5. The summed E-state index contributed by atoms with van der Waals surface area (Å²) >= 11 is 0. The number of hydrogen-bond donors (Lipinski definition) is 2. The molecule has 0 amide bonds. The number of nitrogens with zero attached hydrogens (tertiary/aromatic N) is 2. The van der Waals surface area contributed by atoms with Crippen LogP contribution in [0.5, 0.6) is 0 Å². The summed E-state index contributed by atoms with van der Waals surface area (Å²) in [6.07, 6.45) is 3.63. The molecule has 0 unspecified atom stereocenters. The number of aromatic nitrogens is 4. The van der Waals surface area contributed by atoms with E-state index in [-0.39, 0.29) is 25.7 Å². The van der Waals surface area contributed by atoms with Crippen molar-refractivity contribution in [2.75, 3.05) is 0 Å². The van der Waals surface area contributed by atoms with Gasteiger partial charge in [0.15, 0.2) is 0 Å². The minimum absolute atomic E-state index is 0. The highest BCUT2D eigenvalue weighted by atomic mass is 14.9. The Hall–Kier alpha value is -2.10. The molecule has 0 saturated heterocycles. The van der Waals surface area contributed by atoms with Crippen LogP contribution in [0.4, 0.5) is 0 Å². The molecule has 2 heterocycles. The predicted molar refractivity (Wildman–Crippen MR) is 156 cm³/mol. The summed E-state index contributed by atoms with van der Waals surface area (Å²) in [5, 5.41) is 0. The summed E-state index contributed by atoms with van der Waals surface area (Å²) in [5.41, 5.74) is 3.42. The van der Waals surface area contributed by atoms with Gasteiger partial charge in [-0.25, -0.2) is 9.97 Å². The zero-order valence-corrected chi connectivity index (χ0v) is 23.4. The van der Waals surface area contributed by atoms with Crippen molar-refractivity contribution in [2.24, 2.45) is 10.8 Å². The van der Waals surface area contributed by atoms with Gasteiger partial charge >= 0.3 is 0 Å². The fraction of sp³-hybridized carbons (Fsp3) is 0.667. The number of nitrogens with one attached hydrogen (secondary N) is 2. The Bertz CT molecular complexity index is 818. The molecule has 0 aliphatic heterocycles. The first kappa shape index (κ1) is 36.5. The maximum absolute atomic E-state index is 4.53. The van der Waals surface area contributed by atoms with Gasteiger partial charge in [0.2, 0.25) is 0 Å². The third-order valence-corrected chi connectivity index (χ3v) is 3.31. The summed E-state index contributed by atoms with van der Waals surface area (Å²) in [5.74, 6) is 2.09. The van der Waals surface area contributed by atoms with Gasteiger partial charge < -0.3 is 9.97 Å². The molecule has 34 heavy (non-hydrogen) atoms. The van der Waals surface area contributed by atoms with E-state index in [9.17, 15) is 0 Å². The molecular weight excluding hydrogens is 416 g/mol. The van der Waals surface area contributed by atoms with Crippen molar-refractivity contribution < 1.29 is 0 Å². The lowest BCUT2D eigenvalue weighted by atomic mass is 9.96. The highest BCUT2D eigenvalue weighted by molar-refractivity contribution is 5.74. The van der Waals surface area contributed by atoms with Gasteiger partial charge in [-0.2, -0.15) is 0 Å². The van der Waals surface area contributed by atoms with Gasteiger partial charge in [-0.3, -0.25) is 0 Å². The molecule has 198 valence electrons. The molecule has 0 atom stereocenters. The van der Waals surface area contributed by atoms with Crippen LogP contribution in [0.1, 0.15) is 123 Å². The van der Waals surface area contributed by atoms with E-state index in [1.165, 1.54) is 0 Å². The van der Waals surface area contributed by atoms with Crippen LogP contribution in [-0.2, 0) is 10.8 Å². The van der Waals surface area contributed by atoms with Gasteiger partial charge in [0.1, 0.15) is 11.6 Å². The summed E-state index contributed by atoms with van der Waals surface area (Å²) in [7, 11) is 0. The Balaban J connectivity index is -0.000000404. The second kappa shape index (κ2) is 14.3. The fourth-order valence-electron chi connectivity index (χ4n) is 1.98. The topological polar surface area (TPSA) is 57.4 Å². The summed E-state index contributed by atoms with van der Waals surface area (Å²) in [6, 6.07) is 8.11. The standard InChI is InChI=1S/C11H14N2.C7H12N2.2C5H12.2CH4/c1-11(2,3)10-12-8-6-4-5-7-9(8)13-10;1-7(2,3)6-8-4-5-9-6;2*1-5(2,3)4;;/h4-7H,1-3H3,(H,12,13);4-5H,1-3H3,(H,8,9);2*1-4H3;2*1H4. The molecule has 3 aromatic rings. The third-order valence-electron chi connectivity index (χ3n) is 3.31. The van der Waals surface area contributed by atoms with Crippen molar-refractivity contribution in [1.82, 2.24) is 19.9 Å². The Kier molecular flexibility index (Phi) is 15.4. The Morgan fingerprint density at radius 1 is 0.618 bits per heavy atom. The molecule has 0 bridgehead atoms. The zero-order chi connectivity index (χ0) is 25.4. The van der Waals surface area contributed by atoms with Crippen LogP contribution >= 0.6 is 0 Å². The smallest absolute Gasteiger partial charge is 0.112 e. The van der Waals surface area contributed by atoms with Crippen molar-refractivity contribution in [3.05, 3.63) is 48.3 Å². The Labute approximate surface area is 212 Å². The summed E-state index contributed by atoms with van der Waals surface area (Å²) in [4.78, 5) is 15.1. The van der Waals surface area contributed by atoms with Gasteiger partial charge in [-0.15, -0.1) is 0 Å². The first-order chi connectivity index (χ1) is 14.2. The average Bonchev–Trinajstić information content (AvgIpc) is 3.21. The zero-order valence-electron chi connectivity index (χ0n) is 23.4. The van der Waals surface area contributed by atoms with E-state index in [0.717, 1.165) is 22.7 Å². The first-order valence-corrected chi connectivity index (χ1v) is 11.6. The SMILES string of the molecule is C.C.CC(C)(C)C.CC(C)(C)C.CC(C)(C)c1nc2ccccc2[nH]1.CC(C)(C)c1ncc[nH]1. The van der Waals surface area contributed by atoms with Crippen LogP contribution < -0.4 is 0 Å². The van der Waals surface area contributed by atoms with E-state index < -0.39 is 0 Å². The van der Waals surface area contributed by atoms with Crippen molar-refractivity contribution in [1.29, 1.82) is 0 Å². The maximum atomic E-state index is 4.53. The van der Waals surface area contributed by atoms with Crippen molar-refractivity contribution in [3.8, 4) is 0 Å². The number of H-pyrrole nitrogens is 2. The minimum Gasteiger partial charge on any atom is -0.348 e. The monoisotopic (exact) mass is 474 g/mol. The molecule has 0 spiro atoms. The molecule has 4 heteroatoms. The quantitative estimate of drug-likeness (QED) is 0.340. The molecular formula is C30H58N4. The average molecular weight is 475 g/mol. The van der Waals surface area contributed by atoms with Gasteiger partial charge in [-0.05, 0) is 23.0 Å². The van der Waals surface area contributed by atoms with Gasteiger partial charge in [0, 0.05) is 23.2 Å². The second-order valence-corrected chi connectivity index (χ2v) is 13.5. The third kappa shape index (κ3) is 19.4. The fourth-order valence-corrected chi connectivity index (χ4v) is 1.98. The largest absolute Gasteiger partial charge is 0.348 e. The maximum Gasteiger partial charge on any atom is 0.112 e. The van der Waals surface area contributed by atoms with Gasteiger partial charge in [0.25, 0.3) is 0 Å². The summed E-state index contributed by atoms with van der Waals surface area (Å²) < 4.78 is 0. The van der Waals surface area contributed by atoms with Crippen LogP contribution in [-0.4, -0.2) is 19.9 Å². The number of hydrogen-bond acceptors (Lipinski definition) is 2. The number of rotatable bonds is 0. The number of imidazole rings is 2. The van der Waals surface area contributed by atoms with E-state index in [1.54, 1.807) is 6.20 Å². The van der Waals surface area contributed by atoms with E-state index in [0.29, 0.717) is 10.8 Å². The van der Waals surface area contributed by atoms with E-state index >= 15 is 0 Å². The number of aromatic amines is 2. The Morgan fingerprint density at radius 3 is 1.32 bits per heavy atom. The highest BCUT2D eigenvalue weighted by Crippen LogP contribution is 2.21. The molecule has 2 aromatic heterocycles. The van der Waals surface area contributed by atoms with Crippen LogP contribution in [0, 0.1) is 10.8 Å². The lowest BCUT2D eigenvalue weighted by Gasteiger charge is -2.13. The molecule has 4 nitrogen and oxygen atoms in total. The van der Waals surface area contributed by atoms with Crippen molar-refractivity contribution in [2.45, 2.75) is 123 Å². The van der Waals surface area contributed by atoms with Crippen LogP contribution in [0.2, 0.25) is 0 Å². The highest BCUT2D eigenvalue weighted by Gasteiger charge is 2.17. The number of fused-ring (bicyclic) bond motifs is 1. The first-order valence-electron chi connectivity index (χ1n) is 11.6. The van der Waals surface area contributed by atoms with E-state index in [2.05, 4.69) is 123 Å². The molecule has 2 N–H and O–H groups in total. The molecule has 0 fully saturated rings. The predicted octanol–water partition coefficient (Wildman–Crippen LogP) is 9.94. The van der Waals surface area contributed by atoms with E-state index in [4.69, 9.17) is 0 Å². The number of para-hydroxylation sites is 2. The number of benzene rings is 1. The van der Waals surface area contributed by atoms with Crippen LogP contribution in [0.25, 0.3) is 11.0 Å². The Morgan fingerprint density at radius 2 is 1.03 bits per heavy atom. The van der Waals surface area contributed by atoms with E-state index in [1.807, 2.05) is 24.4 Å². The molecule has 3 rings (SSSR count). The van der Waals surface area contributed by atoms with Crippen LogP contribution in [0.15, 0.2) is 36.7 Å². The summed E-state index contributed by atoms with van der Waals surface area (Å²) in [6.45, 7) is 30.4. The van der Waals surface area contributed by atoms with Crippen molar-refractivity contribution >= 4 is 11.0 Å². The molecule has 0 radical (unpaired) electrons. The van der Waals surface area contributed by atoms with Crippen LogP contribution in [0.3, 0.4) is 0 Å². The lowest BCUT2D eigenvalue weighted by molar-refractivity contribution is 0.469. The molecule has 0 aliphatic carbocycles.